The summed E-state index contributed by atoms with van der Waals surface area (Å²) in [6.07, 6.45) is 1.55. The Morgan fingerprint density at radius 3 is 2.15 bits per heavy atom. The minimum atomic E-state index is -0.472. The van der Waals surface area contributed by atoms with Crippen molar-refractivity contribution in [1.82, 2.24) is 10.7 Å². The Labute approximate surface area is 159 Å². The zero-order valence-corrected chi connectivity index (χ0v) is 16.0. The van der Waals surface area contributed by atoms with Gasteiger partial charge in [-0.25, -0.2) is 5.43 Å². The number of hydrazone groups is 1. The Morgan fingerprint density at radius 2 is 1.59 bits per heavy atom. The molecule has 140 valence electrons. The molecule has 0 atom stereocenters. The monoisotopic (exact) mass is 364 g/mol. The van der Waals surface area contributed by atoms with E-state index in [1.165, 1.54) is 0 Å². The summed E-state index contributed by atoms with van der Waals surface area (Å²) in [4.78, 5) is 26.7. The minimum absolute atomic E-state index is 0.184. The molecule has 0 heterocycles. The van der Waals surface area contributed by atoms with Crippen molar-refractivity contribution in [3.63, 3.8) is 0 Å². The first kappa shape index (κ1) is 19.9. The van der Waals surface area contributed by atoms with Crippen LogP contribution in [0.15, 0.2) is 71.0 Å². The average Bonchev–Trinajstić information content (AvgIpc) is 2.66. The molecule has 0 saturated carbocycles. The fourth-order valence-corrected chi connectivity index (χ4v) is 2.26. The Bertz CT molecular complexity index is 850. The highest BCUT2D eigenvalue weighted by molar-refractivity contribution is 6.03. The molecule has 2 amide bonds. The lowest BCUT2D eigenvalue weighted by Crippen LogP contribution is -2.33. The number of carbonyl (C=O) groups is 2. The van der Waals surface area contributed by atoms with Crippen molar-refractivity contribution in [3.05, 3.63) is 77.0 Å². The van der Waals surface area contributed by atoms with E-state index < -0.39 is 5.91 Å². The standard InChI is InChI=1S/C21H24N4O2/c1-15(2)19(23-20(26)17-8-6-5-7-9-17)21(27)24-22-14-16-10-12-18(13-11-16)25(3)4/h5-14H,1-4H3,(H,23,26)(H,24,27). The van der Waals surface area contributed by atoms with Gasteiger partial charge in [0.1, 0.15) is 5.70 Å². The van der Waals surface area contributed by atoms with Crippen LogP contribution in [0, 0.1) is 0 Å². The summed E-state index contributed by atoms with van der Waals surface area (Å²) in [7, 11) is 3.93. The van der Waals surface area contributed by atoms with Gasteiger partial charge in [0.25, 0.3) is 11.8 Å². The lowest BCUT2D eigenvalue weighted by molar-refractivity contribution is -0.117. The van der Waals surface area contributed by atoms with Gasteiger partial charge >= 0.3 is 0 Å². The maximum Gasteiger partial charge on any atom is 0.287 e. The van der Waals surface area contributed by atoms with Gasteiger partial charge in [-0.05, 0) is 49.2 Å². The van der Waals surface area contributed by atoms with E-state index in [4.69, 9.17) is 0 Å². The molecule has 0 aliphatic rings. The summed E-state index contributed by atoms with van der Waals surface area (Å²) >= 11 is 0. The van der Waals surface area contributed by atoms with Gasteiger partial charge in [-0.2, -0.15) is 5.10 Å². The van der Waals surface area contributed by atoms with Crippen LogP contribution in [0.3, 0.4) is 0 Å². The molecular formula is C21H24N4O2. The van der Waals surface area contributed by atoms with Crippen molar-refractivity contribution in [2.75, 3.05) is 19.0 Å². The van der Waals surface area contributed by atoms with Crippen molar-refractivity contribution in [2.24, 2.45) is 5.10 Å². The van der Waals surface area contributed by atoms with Gasteiger partial charge in [0.2, 0.25) is 0 Å². The summed E-state index contributed by atoms with van der Waals surface area (Å²) < 4.78 is 0. The number of rotatable bonds is 6. The molecule has 2 aromatic carbocycles. The predicted octanol–water partition coefficient (Wildman–Crippen LogP) is 2.93. The lowest BCUT2D eigenvalue weighted by atomic mass is 10.2. The third-order valence-corrected chi connectivity index (χ3v) is 3.79. The first-order chi connectivity index (χ1) is 12.9. The highest BCUT2D eigenvalue weighted by atomic mass is 16.2. The molecule has 6 heteroatoms. The number of amides is 2. The third kappa shape index (κ3) is 5.81. The van der Waals surface area contributed by atoms with Crippen molar-refractivity contribution >= 4 is 23.7 Å². The summed E-state index contributed by atoms with van der Waals surface area (Å²) in [6, 6.07) is 16.5. The molecule has 6 nitrogen and oxygen atoms in total. The molecule has 27 heavy (non-hydrogen) atoms. The molecule has 0 aromatic heterocycles. The van der Waals surface area contributed by atoms with E-state index in [0.717, 1.165) is 11.3 Å². The number of hydrogen-bond donors (Lipinski definition) is 2. The molecule has 2 rings (SSSR count). The van der Waals surface area contributed by atoms with Crippen molar-refractivity contribution < 1.29 is 9.59 Å². The predicted molar refractivity (Wildman–Crippen MR) is 109 cm³/mol. The number of hydrogen-bond acceptors (Lipinski definition) is 4. The quantitative estimate of drug-likeness (QED) is 0.470. The zero-order valence-electron chi connectivity index (χ0n) is 16.0. The van der Waals surface area contributed by atoms with Gasteiger partial charge in [0.15, 0.2) is 0 Å². The number of nitrogens with zero attached hydrogens (tertiary/aromatic N) is 2. The number of benzene rings is 2. The molecule has 0 fully saturated rings. The van der Waals surface area contributed by atoms with Gasteiger partial charge in [0.05, 0.1) is 6.21 Å². The summed E-state index contributed by atoms with van der Waals surface area (Å²) in [5.74, 6) is -0.814. The van der Waals surface area contributed by atoms with Crippen molar-refractivity contribution in [2.45, 2.75) is 13.8 Å². The number of nitrogens with one attached hydrogen (secondary N) is 2. The van der Waals surface area contributed by atoms with Crippen molar-refractivity contribution in [3.8, 4) is 0 Å². The SMILES string of the molecule is CC(C)=C(NC(=O)c1ccccc1)C(=O)NN=Cc1ccc(N(C)C)cc1. The largest absolute Gasteiger partial charge is 0.378 e. The summed E-state index contributed by atoms with van der Waals surface area (Å²) in [6.45, 7) is 3.51. The molecule has 0 aliphatic carbocycles. The van der Waals surface area contributed by atoms with Crippen LogP contribution in [-0.4, -0.2) is 32.1 Å². The number of allylic oxidation sites excluding steroid dienone is 1. The maximum absolute atomic E-state index is 12.4. The molecule has 2 N–H and O–H groups in total. The van der Waals surface area contributed by atoms with Crippen LogP contribution in [0.2, 0.25) is 0 Å². The van der Waals surface area contributed by atoms with Crippen LogP contribution in [-0.2, 0) is 4.79 Å². The summed E-state index contributed by atoms with van der Waals surface area (Å²) in [5, 5.41) is 6.63. The fourth-order valence-electron chi connectivity index (χ4n) is 2.26. The average molecular weight is 364 g/mol. The van der Waals surface area contributed by atoms with Gasteiger partial charge in [-0.1, -0.05) is 30.3 Å². The second-order valence-electron chi connectivity index (χ2n) is 6.38. The van der Waals surface area contributed by atoms with E-state index in [0.29, 0.717) is 11.1 Å². The third-order valence-electron chi connectivity index (χ3n) is 3.79. The van der Waals surface area contributed by atoms with Crippen LogP contribution in [0.4, 0.5) is 5.69 Å². The second kappa shape index (κ2) is 9.33. The normalized spacial score (nSPS) is 10.4. The van der Waals surface area contributed by atoms with Crippen molar-refractivity contribution in [1.29, 1.82) is 0 Å². The van der Waals surface area contributed by atoms with Crippen LogP contribution in [0.5, 0.6) is 0 Å². The summed E-state index contributed by atoms with van der Waals surface area (Å²) in [5.41, 5.74) is 5.73. The van der Waals surface area contributed by atoms with E-state index in [2.05, 4.69) is 15.8 Å². The first-order valence-electron chi connectivity index (χ1n) is 8.53. The first-order valence-corrected chi connectivity index (χ1v) is 8.53. The van der Waals surface area contributed by atoms with Gasteiger partial charge in [-0.15, -0.1) is 0 Å². The number of anilines is 1. The van der Waals surface area contributed by atoms with Crippen LogP contribution in [0.25, 0.3) is 0 Å². The molecule has 0 aliphatic heterocycles. The minimum Gasteiger partial charge on any atom is -0.378 e. The fraction of sp³-hybridized carbons (Fsp3) is 0.190. The topological polar surface area (TPSA) is 73.8 Å². The van der Waals surface area contributed by atoms with Crippen LogP contribution >= 0.6 is 0 Å². The molecule has 0 unspecified atom stereocenters. The molecule has 0 spiro atoms. The van der Waals surface area contributed by atoms with E-state index >= 15 is 0 Å². The zero-order chi connectivity index (χ0) is 19.8. The Morgan fingerprint density at radius 1 is 0.963 bits per heavy atom. The molecule has 0 radical (unpaired) electrons. The van der Waals surface area contributed by atoms with E-state index in [1.54, 1.807) is 44.3 Å². The Balaban J connectivity index is 2.01. The van der Waals surface area contributed by atoms with Crippen LogP contribution in [0.1, 0.15) is 29.8 Å². The maximum atomic E-state index is 12.4. The second-order valence-corrected chi connectivity index (χ2v) is 6.38. The van der Waals surface area contributed by atoms with E-state index in [-0.39, 0.29) is 11.6 Å². The molecule has 0 saturated heterocycles. The van der Waals surface area contributed by atoms with E-state index in [1.807, 2.05) is 49.3 Å². The molecule has 0 bridgehead atoms. The highest BCUT2D eigenvalue weighted by Crippen LogP contribution is 2.11. The van der Waals surface area contributed by atoms with Gasteiger partial charge in [-0.3, -0.25) is 9.59 Å². The van der Waals surface area contributed by atoms with Gasteiger partial charge < -0.3 is 10.2 Å². The molecule has 2 aromatic rings. The Kier molecular flexibility index (Phi) is 6.88. The van der Waals surface area contributed by atoms with Crippen LogP contribution < -0.4 is 15.6 Å². The molecular weight excluding hydrogens is 340 g/mol. The highest BCUT2D eigenvalue weighted by Gasteiger charge is 2.15. The van der Waals surface area contributed by atoms with Gasteiger partial charge in [0, 0.05) is 25.3 Å². The smallest absolute Gasteiger partial charge is 0.287 e. The Hall–Kier alpha value is -3.41. The van der Waals surface area contributed by atoms with E-state index in [9.17, 15) is 9.59 Å². The number of carbonyl (C=O) groups excluding carboxylic acids is 2. The lowest BCUT2D eigenvalue weighted by Gasteiger charge is -2.12.